The Labute approximate surface area is 210 Å². The van der Waals surface area contributed by atoms with Crippen molar-refractivity contribution in [3.63, 3.8) is 0 Å². The van der Waals surface area contributed by atoms with E-state index in [1.807, 2.05) is 6.92 Å². The molecule has 0 saturated heterocycles. The van der Waals surface area contributed by atoms with Crippen LogP contribution in [0.2, 0.25) is 0 Å². The van der Waals surface area contributed by atoms with Gasteiger partial charge in [-0.25, -0.2) is 0 Å². The molecule has 1 N–H and O–H groups in total. The second-order valence-corrected chi connectivity index (χ2v) is 10.9. The van der Waals surface area contributed by atoms with Crippen molar-refractivity contribution in [2.75, 3.05) is 6.54 Å². The van der Waals surface area contributed by atoms with Crippen molar-refractivity contribution in [2.24, 2.45) is 0 Å². The van der Waals surface area contributed by atoms with Crippen molar-refractivity contribution in [1.82, 2.24) is 5.32 Å². The first-order valence-corrected chi connectivity index (χ1v) is 13.9. The van der Waals surface area contributed by atoms with Gasteiger partial charge in [0.2, 0.25) is 0 Å². The van der Waals surface area contributed by atoms with Crippen LogP contribution in [0.1, 0.15) is 62.1 Å². The molecule has 0 aliphatic carbocycles. The van der Waals surface area contributed by atoms with Crippen LogP contribution >= 0.6 is 22.7 Å². The van der Waals surface area contributed by atoms with Crippen molar-refractivity contribution in [3.05, 3.63) is 58.3 Å². The molecule has 170 valence electrons. The fourth-order valence-electron chi connectivity index (χ4n) is 4.62. The fourth-order valence-corrected chi connectivity index (χ4v) is 6.76. The van der Waals surface area contributed by atoms with Gasteiger partial charge in [-0.3, -0.25) is 0 Å². The van der Waals surface area contributed by atoms with E-state index >= 15 is 0 Å². The number of fused-ring (bicyclic) bond motifs is 7. The quantitative estimate of drug-likeness (QED) is 0.106. The molecule has 0 saturated carbocycles. The van der Waals surface area contributed by atoms with Gasteiger partial charge in [0.1, 0.15) is 0 Å². The van der Waals surface area contributed by atoms with Gasteiger partial charge >= 0.3 is 0 Å². The molecule has 1 nitrogen and oxygen atoms in total. The standard InChI is InChI=1S/C31H29NS2/c1-3-5-6-7-8-9-18-32-19-17-25-21-23-12-14-27-26-13-11-22-20-24(10-4-2)33-30(22)28(26)15-16-29(27)31(23)34-25/h11-16,20-21,32H,3,5-9,18H2,1-2H3. The zero-order valence-corrected chi connectivity index (χ0v) is 21.5. The number of thiophene rings is 2. The van der Waals surface area contributed by atoms with Crippen LogP contribution in [0.25, 0.3) is 41.7 Å². The molecule has 0 atom stereocenters. The summed E-state index contributed by atoms with van der Waals surface area (Å²) >= 11 is 3.59. The lowest BCUT2D eigenvalue weighted by Crippen LogP contribution is -2.07. The van der Waals surface area contributed by atoms with Crippen molar-refractivity contribution < 1.29 is 0 Å². The lowest BCUT2D eigenvalue weighted by Gasteiger charge is -2.06. The fraction of sp³-hybridized carbons (Fsp3) is 0.290. The number of unbranched alkanes of at least 4 members (excludes halogenated alkanes) is 5. The minimum Gasteiger partial charge on any atom is -0.346 e. The molecule has 0 radical (unpaired) electrons. The van der Waals surface area contributed by atoms with Crippen molar-refractivity contribution in [3.8, 4) is 23.8 Å². The molecule has 2 heterocycles. The Kier molecular flexibility index (Phi) is 7.05. The van der Waals surface area contributed by atoms with Crippen molar-refractivity contribution >= 4 is 64.4 Å². The third-order valence-electron chi connectivity index (χ3n) is 6.33. The molecular weight excluding hydrogens is 450 g/mol. The molecule has 0 amide bonds. The first kappa shape index (κ1) is 22.8. The number of hydrogen-bond donors (Lipinski definition) is 1. The van der Waals surface area contributed by atoms with Crippen LogP contribution in [0, 0.1) is 23.8 Å². The van der Waals surface area contributed by atoms with Crippen LogP contribution in [-0.2, 0) is 0 Å². The van der Waals surface area contributed by atoms with E-state index in [9.17, 15) is 0 Å². The molecule has 0 aliphatic rings. The molecule has 5 aromatic rings. The van der Waals surface area contributed by atoms with Crippen LogP contribution in [0.4, 0.5) is 0 Å². The maximum atomic E-state index is 3.33. The van der Waals surface area contributed by atoms with Gasteiger partial charge in [0.05, 0.1) is 9.75 Å². The van der Waals surface area contributed by atoms with E-state index in [4.69, 9.17) is 0 Å². The average Bonchev–Trinajstić information content (AvgIpc) is 3.46. The Morgan fingerprint density at radius 3 is 1.85 bits per heavy atom. The van der Waals surface area contributed by atoms with Crippen LogP contribution in [-0.4, -0.2) is 6.54 Å². The first-order chi connectivity index (χ1) is 16.8. The van der Waals surface area contributed by atoms with E-state index in [0.29, 0.717) is 0 Å². The second kappa shape index (κ2) is 10.5. The topological polar surface area (TPSA) is 12.0 Å². The Morgan fingerprint density at radius 1 is 0.676 bits per heavy atom. The molecule has 0 unspecified atom stereocenters. The highest BCUT2D eigenvalue weighted by Crippen LogP contribution is 2.39. The summed E-state index contributed by atoms with van der Waals surface area (Å²) in [5.41, 5.74) is 0. The van der Waals surface area contributed by atoms with E-state index in [0.717, 1.165) is 16.3 Å². The van der Waals surface area contributed by atoms with Gasteiger partial charge in [0.15, 0.2) is 0 Å². The van der Waals surface area contributed by atoms with Crippen LogP contribution in [0.15, 0.2) is 48.5 Å². The average molecular weight is 480 g/mol. The Morgan fingerprint density at radius 2 is 1.24 bits per heavy atom. The summed E-state index contributed by atoms with van der Waals surface area (Å²) < 4.78 is 2.65. The molecule has 2 aromatic heterocycles. The minimum absolute atomic E-state index is 0.974. The SMILES string of the molecule is CC#Cc1cc2ccc3c4ccc5cc(C#CNCCCCCCCC)sc5c4ccc3c2s1. The summed E-state index contributed by atoms with van der Waals surface area (Å²) in [6, 6.07) is 21.2. The molecule has 34 heavy (non-hydrogen) atoms. The van der Waals surface area contributed by atoms with Gasteiger partial charge < -0.3 is 5.32 Å². The normalized spacial score (nSPS) is 11.0. The highest BCUT2D eigenvalue weighted by atomic mass is 32.1. The highest BCUT2D eigenvalue weighted by molar-refractivity contribution is 7.21. The van der Waals surface area contributed by atoms with E-state index in [2.05, 4.69) is 84.6 Å². The summed E-state index contributed by atoms with van der Waals surface area (Å²) in [5.74, 6) is 9.57. The zero-order chi connectivity index (χ0) is 23.3. The minimum atomic E-state index is 0.974. The lowest BCUT2D eigenvalue weighted by molar-refractivity contribution is 0.600. The smallest absolute Gasteiger partial charge is 0.0799 e. The predicted octanol–water partition coefficient (Wildman–Crippen LogP) is 9.05. The number of rotatable bonds is 7. The van der Waals surface area contributed by atoms with Crippen LogP contribution in [0.3, 0.4) is 0 Å². The van der Waals surface area contributed by atoms with Gasteiger partial charge in [-0.05, 0) is 52.9 Å². The third-order valence-corrected chi connectivity index (χ3v) is 8.53. The molecule has 3 aromatic carbocycles. The third kappa shape index (κ3) is 4.65. The lowest BCUT2D eigenvalue weighted by atomic mass is 10.00. The Bertz CT molecular complexity index is 1590. The molecule has 0 spiro atoms. The number of benzene rings is 3. The summed E-state index contributed by atoms with van der Waals surface area (Å²) in [5, 5.41) is 11.1. The second-order valence-electron chi connectivity index (χ2n) is 8.76. The largest absolute Gasteiger partial charge is 0.346 e. The van der Waals surface area contributed by atoms with E-state index in [1.165, 1.54) is 80.2 Å². The predicted molar refractivity (Wildman–Crippen MR) is 153 cm³/mol. The Hall–Kier alpha value is -2.98. The molecule has 0 bridgehead atoms. The van der Waals surface area contributed by atoms with Gasteiger partial charge in [-0.15, -0.1) is 28.6 Å². The summed E-state index contributed by atoms with van der Waals surface area (Å²) in [6.07, 6.45) is 7.86. The number of hydrogen-bond acceptors (Lipinski definition) is 3. The van der Waals surface area contributed by atoms with Gasteiger partial charge in [0.25, 0.3) is 0 Å². The summed E-state index contributed by atoms with van der Waals surface area (Å²) in [4.78, 5) is 2.25. The van der Waals surface area contributed by atoms with Crippen LogP contribution in [0.5, 0.6) is 0 Å². The van der Waals surface area contributed by atoms with Gasteiger partial charge in [0, 0.05) is 32.8 Å². The first-order valence-electron chi connectivity index (χ1n) is 12.3. The molecular formula is C31H29NS2. The summed E-state index contributed by atoms with van der Waals surface area (Å²) in [6.45, 7) is 5.13. The van der Waals surface area contributed by atoms with Gasteiger partial charge in [-0.2, -0.15) is 0 Å². The zero-order valence-electron chi connectivity index (χ0n) is 19.9. The van der Waals surface area contributed by atoms with E-state index < -0.39 is 0 Å². The Balaban J connectivity index is 1.39. The summed E-state index contributed by atoms with van der Waals surface area (Å²) in [7, 11) is 0. The number of nitrogens with one attached hydrogen (secondary N) is 1. The highest BCUT2D eigenvalue weighted by Gasteiger charge is 2.11. The van der Waals surface area contributed by atoms with Crippen molar-refractivity contribution in [1.29, 1.82) is 0 Å². The molecule has 0 fully saturated rings. The van der Waals surface area contributed by atoms with E-state index in [1.54, 1.807) is 22.7 Å². The maximum absolute atomic E-state index is 3.33. The molecule has 5 rings (SSSR count). The monoisotopic (exact) mass is 479 g/mol. The maximum Gasteiger partial charge on any atom is 0.0799 e. The van der Waals surface area contributed by atoms with Crippen LogP contribution < -0.4 is 5.32 Å². The van der Waals surface area contributed by atoms with Gasteiger partial charge in [-0.1, -0.05) is 81.3 Å². The molecule has 0 aliphatic heterocycles. The molecule has 3 heteroatoms. The van der Waals surface area contributed by atoms with E-state index in [-0.39, 0.29) is 0 Å². The van der Waals surface area contributed by atoms with Crippen molar-refractivity contribution in [2.45, 2.75) is 52.4 Å².